The summed E-state index contributed by atoms with van der Waals surface area (Å²) in [6.45, 7) is 5.61. The first-order valence-electron chi connectivity index (χ1n) is 9.40. The minimum atomic E-state index is -0.321. The van der Waals surface area contributed by atoms with Gasteiger partial charge in [-0.15, -0.1) is 0 Å². The molecule has 0 saturated carbocycles. The van der Waals surface area contributed by atoms with Crippen molar-refractivity contribution in [2.75, 3.05) is 0 Å². The number of nitrogens with zero attached hydrogens (tertiary/aromatic N) is 4. The number of hydrogen-bond acceptors (Lipinski definition) is 3. The van der Waals surface area contributed by atoms with Crippen LogP contribution in [0.1, 0.15) is 22.6 Å². The fourth-order valence-electron chi connectivity index (χ4n) is 3.39. The van der Waals surface area contributed by atoms with E-state index in [-0.39, 0.29) is 15.6 Å². The molecule has 0 fully saturated rings. The molecule has 4 rings (SSSR count). The molecule has 0 bridgehead atoms. The third-order valence-electron chi connectivity index (χ3n) is 4.90. The number of benzene rings is 2. The van der Waals surface area contributed by atoms with Crippen LogP contribution in [0.4, 0.5) is 5.69 Å². The zero-order valence-electron chi connectivity index (χ0n) is 16.9. The number of aromatic amines is 1. The summed E-state index contributed by atoms with van der Waals surface area (Å²) >= 11 is 18.6. The molecule has 0 aliphatic carbocycles. The molecule has 158 valence electrons. The first-order valence-corrected chi connectivity index (χ1v) is 10.5. The molecule has 0 saturated heterocycles. The minimum absolute atomic E-state index is 0.264. The van der Waals surface area contributed by atoms with E-state index in [0.717, 1.165) is 17.1 Å². The van der Waals surface area contributed by atoms with Gasteiger partial charge in [0.1, 0.15) is 11.4 Å². The van der Waals surface area contributed by atoms with Gasteiger partial charge in [0.05, 0.1) is 32.7 Å². The van der Waals surface area contributed by atoms with Crippen LogP contribution in [-0.4, -0.2) is 25.8 Å². The Morgan fingerprint density at radius 3 is 2.32 bits per heavy atom. The molecule has 0 aliphatic rings. The van der Waals surface area contributed by atoms with Gasteiger partial charge in [0, 0.05) is 16.9 Å². The summed E-state index contributed by atoms with van der Waals surface area (Å²) in [6.07, 6.45) is 1.54. The summed E-state index contributed by atoms with van der Waals surface area (Å²) in [5.41, 5.74) is 4.32. The van der Waals surface area contributed by atoms with E-state index in [0.29, 0.717) is 27.7 Å². The molecule has 0 amide bonds. The molecule has 2 heterocycles. The highest BCUT2D eigenvalue weighted by molar-refractivity contribution is 6.40. The number of rotatable bonds is 4. The summed E-state index contributed by atoms with van der Waals surface area (Å²) in [5.74, 6) is 0. The SMILES string of the molecule is Cc1nn(-c2ccccc2)c(C)c1N=Cc1c(C)[nH]n(-c2c(Cl)cc(Cl)cc2Cl)c1=O. The highest BCUT2D eigenvalue weighted by Gasteiger charge is 2.17. The molecule has 31 heavy (non-hydrogen) atoms. The molecule has 0 atom stereocenters. The maximum atomic E-state index is 13.1. The number of hydrogen-bond donors (Lipinski definition) is 1. The smallest absolute Gasteiger partial charge is 0.280 e. The van der Waals surface area contributed by atoms with Crippen molar-refractivity contribution in [3.63, 3.8) is 0 Å². The second-order valence-corrected chi connectivity index (χ2v) is 8.28. The maximum absolute atomic E-state index is 13.1. The molecular formula is C22H18Cl3N5O. The van der Waals surface area contributed by atoms with E-state index in [9.17, 15) is 4.79 Å². The number of aryl methyl sites for hydroxylation is 2. The molecule has 2 aromatic carbocycles. The van der Waals surface area contributed by atoms with Crippen molar-refractivity contribution in [2.24, 2.45) is 4.99 Å². The van der Waals surface area contributed by atoms with Gasteiger partial charge in [-0.2, -0.15) is 5.10 Å². The Morgan fingerprint density at radius 1 is 1.03 bits per heavy atom. The lowest BCUT2D eigenvalue weighted by atomic mass is 10.2. The van der Waals surface area contributed by atoms with Crippen LogP contribution in [0.15, 0.2) is 52.3 Å². The Labute approximate surface area is 193 Å². The molecular weight excluding hydrogens is 457 g/mol. The van der Waals surface area contributed by atoms with Crippen LogP contribution in [0.25, 0.3) is 11.4 Å². The van der Waals surface area contributed by atoms with Crippen molar-refractivity contribution in [1.29, 1.82) is 0 Å². The highest BCUT2D eigenvalue weighted by Crippen LogP contribution is 2.31. The summed E-state index contributed by atoms with van der Waals surface area (Å²) in [6, 6.07) is 12.9. The zero-order chi connectivity index (χ0) is 22.3. The molecule has 0 unspecified atom stereocenters. The average Bonchev–Trinajstić information content (AvgIpc) is 3.15. The van der Waals surface area contributed by atoms with E-state index < -0.39 is 0 Å². The summed E-state index contributed by atoms with van der Waals surface area (Å²) in [7, 11) is 0. The fraction of sp³-hybridized carbons (Fsp3) is 0.136. The predicted molar refractivity (Wildman–Crippen MR) is 126 cm³/mol. The summed E-state index contributed by atoms with van der Waals surface area (Å²) in [4.78, 5) is 17.6. The fourth-order valence-corrected chi connectivity index (χ4v) is 4.37. The molecule has 9 heteroatoms. The van der Waals surface area contributed by atoms with E-state index >= 15 is 0 Å². The van der Waals surface area contributed by atoms with Crippen molar-refractivity contribution in [3.05, 3.63) is 90.5 Å². The Hall–Kier alpha value is -2.80. The van der Waals surface area contributed by atoms with Crippen molar-refractivity contribution in [1.82, 2.24) is 19.6 Å². The van der Waals surface area contributed by atoms with Crippen LogP contribution < -0.4 is 5.56 Å². The standard InChI is InChI=1S/C22H18Cl3N5O/c1-12-17(22(31)30(27-12)21-18(24)9-15(23)10-19(21)25)11-26-20-13(2)28-29(14(20)3)16-7-5-4-6-8-16/h4-11,27H,1-3H3. The largest absolute Gasteiger partial charge is 0.295 e. The van der Waals surface area contributed by atoms with E-state index in [1.165, 1.54) is 23.0 Å². The number of aliphatic imine (C=N–C) groups is 1. The topological polar surface area (TPSA) is 68.0 Å². The van der Waals surface area contributed by atoms with Crippen molar-refractivity contribution >= 4 is 46.7 Å². The summed E-state index contributed by atoms with van der Waals surface area (Å²) in [5, 5.41) is 8.51. The number of para-hydroxylation sites is 1. The van der Waals surface area contributed by atoms with E-state index in [2.05, 4.69) is 15.2 Å². The molecule has 6 nitrogen and oxygen atoms in total. The minimum Gasteiger partial charge on any atom is -0.295 e. The number of halogens is 3. The molecule has 2 aromatic heterocycles. The lowest BCUT2D eigenvalue weighted by Crippen LogP contribution is -2.18. The van der Waals surface area contributed by atoms with Gasteiger partial charge in [-0.25, -0.2) is 9.36 Å². The Balaban J connectivity index is 1.76. The molecule has 0 aliphatic heterocycles. The van der Waals surface area contributed by atoms with Crippen LogP contribution in [0.5, 0.6) is 0 Å². The first-order chi connectivity index (χ1) is 14.8. The van der Waals surface area contributed by atoms with Crippen LogP contribution in [0, 0.1) is 20.8 Å². The van der Waals surface area contributed by atoms with Gasteiger partial charge in [-0.1, -0.05) is 53.0 Å². The van der Waals surface area contributed by atoms with Crippen molar-refractivity contribution < 1.29 is 0 Å². The lowest BCUT2D eigenvalue weighted by Gasteiger charge is -2.07. The molecule has 0 spiro atoms. The van der Waals surface area contributed by atoms with Crippen LogP contribution in [0.3, 0.4) is 0 Å². The van der Waals surface area contributed by atoms with Crippen LogP contribution in [0.2, 0.25) is 15.1 Å². The van der Waals surface area contributed by atoms with Crippen LogP contribution in [-0.2, 0) is 0 Å². The number of aromatic nitrogens is 4. The van der Waals surface area contributed by atoms with Gasteiger partial charge >= 0.3 is 0 Å². The van der Waals surface area contributed by atoms with E-state index in [4.69, 9.17) is 34.8 Å². The third kappa shape index (κ3) is 3.94. The first kappa shape index (κ1) is 21.4. The van der Waals surface area contributed by atoms with Gasteiger partial charge in [-0.05, 0) is 45.0 Å². The molecule has 4 aromatic rings. The van der Waals surface area contributed by atoms with E-state index in [1.54, 1.807) is 6.92 Å². The van der Waals surface area contributed by atoms with Crippen molar-refractivity contribution in [2.45, 2.75) is 20.8 Å². The van der Waals surface area contributed by atoms with Gasteiger partial charge in [0.2, 0.25) is 0 Å². The van der Waals surface area contributed by atoms with Gasteiger partial charge < -0.3 is 0 Å². The summed E-state index contributed by atoms with van der Waals surface area (Å²) < 4.78 is 3.13. The van der Waals surface area contributed by atoms with E-state index in [1.807, 2.05) is 48.9 Å². The van der Waals surface area contributed by atoms with Gasteiger partial charge in [-0.3, -0.25) is 14.9 Å². The monoisotopic (exact) mass is 473 g/mol. The van der Waals surface area contributed by atoms with Crippen molar-refractivity contribution in [3.8, 4) is 11.4 Å². The van der Waals surface area contributed by atoms with Gasteiger partial charge in [0.25, 0.3) is 5.56 Å². The van der Waals surface area contributed by atoms with Gasteiger partial charge in [0.15, 0.2) is 0 Å². The number of H-pyrrole nitrogens is 1. The number of nitrogens with one attached hydrogen (secondary N) is 1. The quantitative estimate of drug-likeness (QED) is 0.369. The average molecular weight is 475 g/mol. The highest BCUT2D eigenvalue weighted by atomic mass is 35.5. The zero-order valence-corrected chi connectivity index (χ0v) is 19.2. The lowest BCUT2D eigenvalue weighted by molar-refractivity contribution is 0.834. The maximum Gasteiger partial charge on any atom is 0.280 e. The third-order valence-corrected chi connectivity index (χ3v) is 5.69. The van der Waals surface area contributed by atoms with Crippen LogP contribution >= 0.6 is 34.8 Å². The second kappa shape index (κ2) is 8.38. The Morgan fingerprint density at radius 2 is 1.68 bits per heavy atom. The second-order valence-electron chi connectivity index (χ2n) is 7.03. The molecule has 0 radical (unpaired) electrons. The normalized spacial score (nSPS) is 11.5. The molecule has 1 N–H and O–H groups in total. The predicted octanol–water partition coefficient (Wildman–Crippen LogP) is 5.99. The Bertz CT molecular complexity index is 1340. The Kier molecular flexibility index (Phi) is 5.79.